The van der Waals surface area contributed by atoms with Crippen LogP contribution in [0.15, 0.2) is 18.2 Å². The number of halogens is 2. The zero-order chi connectivity index (χ0) is 19.4. The first-order valence-corrected chi connectivity index (χ1v) is 13.1. The molecule has 0 N–H and O–H groups in total. The van der Waals surface area contributed by atoms with Crippen LogP contribution in [0.4, 0.5) is 0 Å². The van der Waals surface area contributed by atoms with Crippen molar-refractivity contribution in [3.63, 3.8) is 0 Å². The molecule has 1 amide bonds. The molecule has 1 aromatic carbocycles. The average molecular weight is 450 g/mol. The van der Waals surface area contributed by atoms with Gasteiger partial charge in [-0.15, -0.1) is 11.8 Å². The summed E-state index contributed by atoms with van der Waals surface area (Å²) in [7, 11) is -3.02. The van der Waals surface area contributed by atoms with Crippen LogP contribution < -0.4 is 0 Å². The smallest absolute Gasteiger partial charge is 0.233 e. The van der Waals surface area contributed by atoms with Gasteiger partial charge in [-0.2, -0.15) is 0 Å². The first-order valence-electron chi connectivity index (χ1n) is 9.39. The normalized spacial score (nSPS) is 22.7. The molecular weight excluding hydrogens is 425 g/mol. The fourth-order valence-corrected chi connectivity index (χ4v) is 7.39. The van der Waals surface area contributed by atoms with Crippen LogP contribution in [0.3, 0.4) is 0 Å². The van der Waals surface area contributed by atoms with Gasteiger partial charge in [0.1, 0.15) is 0 Å². The number of sulfone groups is 1. The third kappa shape index (κ3) is 5.55. The van der Waals surface area contributed by atoms with E-state index in [2.05, 4.69) is 0 Å². The first-order chi connectivity index (χ1) is 12.9. The minimum absolute atomic E-state index is 0.0391. The molecule has 0 radical (unpaired) electrons. The number of thioether (sulfide) groups is 1. The van der Waals surface area contributed by atoms with E-state index in [1.54, 1.807) is 18.2 Å². The minimum atomic E-state index is -3.02. The highest BCUT2D eigenvalue weighted by Crippen LogP contribution is 2.31. The largest absolute Gasteiger partial charge is 0.335 e. The molecule has 0 aromatic heterocycles. The third-order valence-corrected chi connectivity index (χ3v) is 8.79. The van der Waals surface area contributed by atoms with Crippen LogP contribution in [-0.2, 0) is 20.4 Å². The molecule has 27 heavy (non-hydrogen) atoms. The maximum Gasteiger partial charge on any atom is 0.233 e. The Bertz CT molecular complexity index is 759. The Hall–Kier alpha value is -0.430. The number of benzene rings is 1. The molecule has 1 aromatic rings. The molecule has 2 aliphatic rings. The molecule has 1 saturated heterocycles. The van der Waals surface area contributed by atoms with E-state index < -0.39 is 9.84 Å². The Kier molecular flexibility index (Phi) is 7.39. The van der Waals surface area contributed by atoms with Crippen molar-refractivity contribution in [3.8, 4) is 0 Å². The van der Waals surface area contributed by atoms with Crippen LogP contribution in [0.1, 0.15) is 44.1 Å². The van der Waals surface area contributed by atoms with E-state index in [0.717, 1.165) is 31.2 Å². The van der Waals surface area contributed by atoms with E-state index in [1.165, 1.54) is 18.2 Å². The van der Waals surface area contributed by atoms with Crippen molar-refractivity contribution < 1.29 is 13.2 Å². The molecule has 1 aliphatic carbocycles. The van der Waals surface area contributed by atoms with Crippen LogP contribution in [0, 0.1) is 0 Å². The summed E-state index contributed by atoms with van der Waals surface area (Å²) in [6.45, 7) is 0. The van der Waals surface area contributed by atoms with E-state index in [-0.39, 0.29) is 29.5 Å². The summed E-state index contributed by atoms with van der Waals surface area (Å²) in [5.74, 6) is 1.21. The minimum Gasteiger partial charge on any atom is -0.335 e. The van der Waals surface area contributed by atoms with Crippen molar-refractivity contribution >= 4 is 50.7 Å². The molecule has 1 atom stereocenters. The van der Waals surface area contributed by atoms with Gasteiger partial charge < -0.3 is 4.90 Å². The molecule has 1 unspecified atom stereocenters. The molecule has 3 rings (SSSR count). The summed E-state index contributed by atoms with van der Waals surface area (Å²) in [5.41, 5.74) is 0.839. The monoisotopic (exact) mass is 449 g/mol. The van der Waals surface area contributed by atoms with Gasteiger partial charge in [-0.3, -0.25) is 4.79 Å². The highest BCUT2D eigenvalue weighted by Gasteiger charge is 2.38. The fraction of sp³-hybridized carbons (Fsp3) is 0.632. The Balaban J connectivity index is 1.65. The maximum absolute atomic E-state index is 13.0. The second kappa shape index (κ2) is 9.38. The summed E-state index contributed by atoms with van der Waals surface area (Å²) in [6.07, 6.45) is 5.92. The molecule has 150 valence electrons. The van der Waals surface area contributed by atoms with Crippen LogP contribution in [0.2, 0.25) is 10.0 Å². The molecule has 0 spiro atoms. The molecule has 1 saturated carbocycles. The Morgan fingerprint density at radius 2 is 1.74 bits per heavy atom. The lowest BCUT2D eigenvalue weighted by atomic mass is 9.93. The third-order valence-electron chi connectivity index (χ3n) is 5.39. The van der Waals surface area contributed by atoms with Gasteiger partial charge in [0.05, 0.1) is 17.3 Å². The van der Waals surface area contributed by atoms with Gasteiger partial charge in [0, 0.05) is 27.9 Å². The lowest BCUT2D eigenvalue weighted by molar-refractivity contribution is -0.133. The number of carbonyl (C=O) groups is 1. The highest BCUT2D eigenvalue weighted by atomic mass is 35.5. The fourth-order valence-electron chi connectivity index (χ4n) is 4.04. The van der Waals surface area contributed by atoms with Crippen molar-refractivity contribution in [2.45, 2.75) is 56.4 Å². The summed E-state index contributed by atoms with van der Waals surface area (Å²) >= 11 is 13.9. The molecule has 8 heteroatoms. The van der Waals surface area contributed by atoms with Crippen LogP contribution in [0.5, 0.6) is 0 Å². The zero-order valence-electron chi connectivity index (χ0n) is 15.2. The first kappa shape index (κ1) is 21.3. The van der Waals surface area contributed by atoms with Gasteiger partial charge in [-0.05, 0) is 37.0 Å². The van der Waals surface area contributed by atoms with Gasteiger partial charge in [0.2, 0.25) is 5.91 Å². The SMILES string of the molecule is O=C(CSCc1c(Cl)cccc1Cl)N(C1CCCCC1)C1CCS(=O)(=O)C1. The average Bonchev–Trinajstić information content (AvgIpc) is 2.98. The van der Waals surface area contributed by atoms with Crippen molar-refractivity contribution in [2.24, 2.45) is 0 Å². The number of amides is 1. The Labute approximate surface area is 175 Å². The molecule has 1 aliphatic heterocycles. The lowest BCUT2D eigenvalue weighted by Crippen LogP contribution is -2.49. The molecule has 0 bridgehead atoms. The summed E-state index contributed by atoms with van der Waals surface area (Å²) in [5, 5.41) is 1.21. The summed E-state index contributed by atoms with van der Waals surface area (Å²) < 4.78 is 23.9. The van der Waals surface area contributed by atoms with Crippen molar-refractivity contribution in [2.75, 3.05) is 17.3 Å². The molecule has 2 fully saturated rings. The quantitative estimate of drug-likeness (QED) is 0.637. The molecular formula is C19H25Cl2NO3S2. The predicted molar refractivity (Wildman–Crippen MR) is 113 cm³/mol. The maximum atomic E-state index is 13.0. The van der Waals surface area contributed by atoms with Gasteiger partial charge in [-0.25, -0.2) is 8.42 Å². The number of hydrogen-bond acceptors (Lipinski definition) is 4. The van der Waals surface area contributed by atoms with Crippen LogP contribution in [0.25, 0.3) is 0 Å². The van der Waals surface area contributed by atoms with Crippen molar-refractivity contribution in [3.05, 3.63) is 33.8 Å². The van der Waals surface area contributed by atoms with Crippen LogP contribution in [-0.4, -0.2) is 48.6 Å². The number of rotatable bonds is 6. The zero-order valence-corrected chi connectivity index (χ0v) is 18.3. The van der Waals surface area contributed by atoms with Crippen molar-refractivity contribution in [1.82, 2.24) is 4.90 Å². The highest BCUT2D eigenvalue weighted by molar-refractivity contribution is 7.99. The number of nitrogens with zero attached hydrogens (tertiary/aromatic N) is 1. The second-order valence-electron chi connectivity index (χ2n) is 7.34. The van der Waals surface area contributed by atoms with Gasteiger partial charge >= 0.3 is 0 Å². The summed E-state index contributed by atoms with van der Waals surface area (Å²) in [4.78, 5) is 15.0. The lowest BCUT2D eigenvalue weighted by Gasteiger charge is -2.38. The van der Waals surface area contributed by atoms with E-state index in [9.17, 15) is 13.2 Å². The van der Waals surface area contributed by atoms with E-state index in [0.29, 0.717) is 28.0 Å². The molecule has 1 heterocycles. The van der Waals surface area contributed by atoms with Gasteiger partial charge in [0.15, 0.2) is 9.84 Å². The van der Waals surface area contributed by atoms with Gasteiger partial charge in [-0.1, -0.05) is 48.5 Å². The summed E-state index contributed by atoms with van der Waals surface area (Å²) in [6, 6.07) is 5.39. The van der Waals surface area contributed by atoms with E-state index >= 15 is 0 Å². The Morgan fingerprint density at radius 3 is 2.33 bits per heavy atom. The predicted octanol–water partition coefficient (Wildman–Crippen LogP) is 4.58. The van der Waals surface area contributed by atoms with E-state index in [1.807, 2.05) is 4.90 Å². The molecule has 4 nitrogen and oxygen atoms in total. The van der Waals surface area contributed by atoms with Crippen molar-refractivity contribution in [1.29, 1.82) is 0 Å². The Morgan fingerprint density at radius 1 is 1.07 bits per heavy atom. The topological polar surface area (TPSA) is 54.5 Å². The number of carbonyl (C=O) groups excluding carboxylic acids is 1. The van der Waals surface area contributed by atoms with Gasteiger partial charge in [0.25, 0.3) is 0 Å². The second-order valence-corrected chi connectivity index (χ2v) is 11.4. The van der Waals surface area contributed by atoms with Crippen LogP contribution >= 0.6 is 35.0 Å². The van der Waals surface area contributed by atoms with E-state index in [4.69, 9.17) is 23.2 Å². The number of hydrogen-bond donors (Lipinski definition) is 0. The standard InChI is InChI=1S/C19H25Cl2NO3S2/c20-17-7-4-8-18(21)16(17)11-26-12-19(23)22(14-5-2-1-3-6-14)15-9-10-27(24,25)13-15/h4,7-8,14-15H,1-3,5-6,9-13H2.